The van der Waals surface area contributed by atoms with Gasteiger partial charge < -0.3 is 10.1 Å². The number of anilines is 1. The van der Waals surface area contributed by atoms with Gasteiger partial charge in [0, 0.05) is 17.7 Å². The first-order valence-corrected chi connectivity index (χ1v) is 12.4. The lowest BCUT2D eigenvalue weighted by Gasteiger charge is -2.10. The molecule has 0 bridgehead atoms. The van der Waals surface area contributed by atoms with Crippen molar-refractivity contribution in [3.05, 3.63) is 54.1 Å². The number of hydrogen-bond donors (Lipinski definition) is 1. The molecule has 0 saturated carbocycles. The van der Waals surface area contributed by atoms with Crippen molar-refractivity contribution in [3.8, 4) is 23.1 Å². The fourth-order valence-corrected chi connectivity index (χ4v) is 3.73. The van der Waals surface area contributed by atoms with E-state index in [1.807, 2.05) is 13.8 Å². The third kappa shape index (κ3) is 7.83. The van der Waals surface area contributed by atoms with Crippen LogP contribution in [0.1, 0.15) is 71.3 Å². The predicted molar refractivity (Wildman–Crippen MR) is 134 cm³/mol. The third-order valence-corrected chi connectivity index (χ3v) is 5.53. The summed E-state index contributed by atoms with van der Waals surface area (Å²) < 4.78 is 46.9. The molecule has 2 aromatic carbocycles. The number of ether oxygens (including phenoxy) is 1. The molecule has 6 nitrogen and oxygen atoms in total. The van der Waals surface area contributed by atoms with E-state index in [-0.39, 0.29) is 29.4 Å². The van der Waals surface area contributed by atoms with Gasteiger partial charge in [0.1, 0.15) is 0 Å². The molecule has 0 fully saturated rings. The number of halogens is 3. The highest BCUT2D eigenvalue weighted by atomic mass is 19.4. The van der Waals surface area contributed by atoms with Crippen LogP contribution in [-0.2, 0) is 11.0 Å². The summed E-state index contributed by atoms with van der Waals surface area (Å²) in [5, 5.41) is 7.26. The number of amides is 1. The highest BCUT2D eigenvalue weighted by Gasteiger charge is 2.31. The molecule has 0 aliphatic rings. The Morgan fingerprint density at radius 2 is 1.72 bits per heavy atom. The summed E-state index contributed by atoms with van der Waals surface area (Å²) in [6.07, 6.45) is 2.44. The Labute approximate surface area is 209 Å². The summed E-state index contributed by atoms with van der Waals surface area (Å²) in [5.41, 5.74) is 0.688. The van der Waals surface area contributed by atoms with Crippen molar-refractivity contribution in [2.24, 2.45) is 0 Å². The Morgan fingerprint density at radius 3 is 2.39 bits per heavy atom. The summed E-state index contributed by atoms with van der Waals surface area (Å²) in [5.74, 6) is 0.174. The van der Waals surface area contributed by atoms with Crippen LogP contribution in [0.15, 0.2) is 48.5 Å². The molecule has 1 amide bonds. The zero-order valence-corrected chi connectivity index (χ0v) is 20.9. The van der Waals surface area contributed by atoms with E-state index >= 15 is 0 Å². The Balaban J connectivity index is 1.76. The average Bonchev–Trinajstić information content (AvgIpc) is 3.24. The number of alkyl halides is 3. The van der Waals surface area contributed by atoms with E-state index in [9.17, 15) is 18.0 Å². The van der Waals surface area contributed by atoms with Crippen molar-refractivity contribution >= 4 is 11.6 Å². The van der Waals surface area contributed by atoms with Gasteiger partial charge in [-0.25, -0.2) is 4.68 Å². The fourth-order valence-electron chi connectivity index (χ4n) is 3.73. The molecule has 0 saturated heterocycles. The van der Waals surface area contributed by atoms with Crippen LogP contribution in [0.2, 0.25) is 0 Å². The molecule has 1 aromatic heterocycles. The number of unbranched alkanes of at least 4 members (excludes halogenated alkanes) is 5. The van der Waals surface area contributed by atoms with Gasteiger partial charge in [0.05, 0.1) is 17.4 Å². The van der Waals surface area contributed by atoms with Gasteiger partial charge in [0.2, 0.25) is 5.91 Å². The lowest BCUT2D eigenvalue weighted by atomic mass is 10.1. The van der Waals surface area contributed by atoms with Crippen molar-refractivity contribution in [1.29, 1.82) is 0 Å². The minimum Gasteiger partial charge on any atom is -0.460 e. The number of benzene rings is 2. The average molecular weight is 503 g/mol. The maximum absolute atomic E-state index is 13.3. The predicted octanol–water partition coefficient (Wildman–Crippen LogP) is 7.43. The minimum absolute atomic E-state index is 0.0451. The quantitative estimate of drug-likeness (QED) is 0.262. The highest BCUT2D eigenvalue weighted by Crippen LogP contribution is 2.33. The minimum atomic E-state index is -4.48. The smallest absolute Gasteiger partial charge is 0.416 e. The van der Waals surface area contributed by atoms with Gasteiger partial charge in [0.25, 0.3) is 0 Å². The number of nitrogens with one attached hydrogen (secondary N) is 1. The van der Waals surface area contributed by atoms with Crippen LogP contribution in [0, 0.1) is 0 Å². The number of carbonyl (C=O) groups is 1. The molecule has 1 heterocycles. The van der Waals surface area contributed by atoms with Crippen molar-refractivity contribution < 1.29 is 22.7 Å². The molecule has 0 aliphatic carbocycles. The Morgan fingerprint density at radius 1 is 1.03 bits per heavy atom. The Hall–Kier alpha value is -3.36. The van der Waals surface area contributed by atoms with Crippen LogP contribution in [0.25, 0.3) is 17.1 Å². The molecule has 36 heavy (non-hydrogen) atoms. The molecule has 0 spiro atoms. The Bertz CT molecular complexity index is 1120. The van der Waals surface area contributed by atoms with Gasteiger partial charge in [0.15, 0.2) is 5.82 Å². The standard InChI is InChI=1S/C27H33F3N4O2/c1-4-5-6-7-8-9-13-24(35)31-22-14-16-23(17-15-22)34-25(32-26(33-34)36-19(2)3)20-11-10-12-21(18-20)27(28,29)30/h10-12,14-19H,4-9,13H2,1-3H3,(H,31,35). The lowest BCUT2D eigenvalue weighted by molar-refractivity contribution is -0.137. The zero-order valence-electron chi connectivity index (χ0n) is 20.9. The van der Waals surface area contributed by atoms with Gasteiger partial charge in [-0.15, -0.1) is 5.10 Å². The molecule has 3 rings (SSSR count). The van der Waals surface area contributed by atoms with E-state index in [0.29, 0.717) is 17.8 Å². The van der Waals surface area contributed by atoms with Crippen LogP contribution in [0.3, 0.4) is 0 Å². The molecule has 0 atom stereocenters. The van der Waals surface area contributed by atoms with Crippen molar-refractivity contribution in [1.82, 2.24) is 14.8 Å². The van der Waals surface area contributed by atoms with Gasteiger partial charge >= 0.3 is 12.2 Å². The normalized spacial score (nSPS) is 11.6. The van der Waals surface area contributed by atoms with Crippen molar-refractivity contribution in [3.63, 3.8) is 0 Å². The zero-order chi connectivity index (χ0) is 26.1. The number of carbonyl (C=O) groups excluding carboxylic acids is 1. The SMILES string of the molecule is CCCCCCCCC(=O)Nc1ccc(-n2nc(OC(C)C)nc2-c2cccc(C(F)(F)F)c2)cc1. The maximum Gasteiger partial charge on any atom is 0.416 e. The van der Waals surface area contributed by atoms with E-state index < -0.39 is 11.7 Å². The van der Waals surface area contributed by atoms with E-state index in [2.05, 4.69) is 22.3 Å². The summed E-state index contributed by atoms with van der Waals surface area (Å²) in [4.78, 5) is 16.6. The number of nitrogens with zero attached hydrogens (tertiary/aromatic N) is 3. The molecule has 1 N–H and O–H groups in total. The van der Waals surface area contributed by atoms with Crippen LogP contribution >= 0.6 is 0 Å². The summed E-state index contributed by atoms with van der Waals surface area (Å²) >= 11 is 0. The van der Waals surface area contributed by atoms with Gasteiger partial charge in [-0.1, -0.05) is 51.2 Å². The Kier molecular flexibility index (Phi) is 9.50. The van der Waals surface area contributed by atoms with E-state index in [4.69, 9.17) is 4.74 Å². The summed E-state index contributed by atoms with van der Waals surface area (Å²) in [6, 6.07) is 11.9. The molecular formula is C27H33F3N4O2. The summed E-state index contributed by atoms with van der Waals surface area (Å²) in [7, 11) is 0. The van der Waals surface area contributed by atoms with E-state index in [0.717, 1.165) is 31.4 Å². The monoisotopic (exact) mass is 502 g/mol. The van der Waals surface area contributed by atoms with E-state index in [1.165, 1.54) is 30.0 Å². The fraction of sp³-hybridized carbons (Fsp3) is 0.444. The number of rotatable bonds is 12. The van der Waals surface area contributed by atoms with Gasteiger partial charge in [-0.3, -0.25) is 4.79 Å². The maximum atomic E-state index is 13.3. The second-order valence-corrected chi connectivity index (χ2v) is 8.99. The molecule has 0 unspecified atom stereocenters. The molecule has 3 aromatic rings. The van der Waals surface area contributed by atoms with Crippen LogP contribution in [0.5, 0.6) is 6.01 Å². The third-order valence-electron chi connectivity index (χ3n) is 5.53. The number of hydrogen-bond acceptors (Lipinski definition) is 4. The van der Waals surface area contributed by atoms with Gasteiger partial charge in [-0.05, 0) is 56.7 Å². The molecular weight excluding hydrogens is 469 g/mol. The molecule has 0 radical (unpaired) electrons. The van der Waals surface area contributed by atoms with Crippen molar-refractivity contribution in [2.75, 3.05) is 5.32 Å². The largest absolute Gasteiger partial charge is 0.460 e. The highest BCUT2D eigenvalue weighted by molar-refractivity contribution is 5.90. The first kappa shape index (κ1) is 27.2. The first-order chi connectivity index (χ1) is 17.2. The van der Waals surface area contributed by atoms with Crippen LogP contribution in [-0.4, -0.2) is 26.8 Å². The second-order valence-electron chi connectivity index (χ2n) is 8.99. The van der Waals surface area contributed by atoms with Crippen LogP contribution < -0.4 is 10.1 Å². The molecule has 9 heteroatoms. The molecule has 0 aliphatic heterocycles. The topological polar surface area (TPSA) is 69.0 Å². The summed E-state index contributed by atoms with van der Waals surface area (Å²) in [6.45, 7) is 5.80. The molecule has 194 valence electrons. The van der Waals surface area contributed by atoms with Gasteiger partial charge in [-0.2, -0.15) is 18.2 Å². The van der Waals surface area contributed by atoms with E-state index in [1.54, 1.807) is 30.3 Å². The lowest BCUT2D eigenvalue weighted by Crippen LogP contribution is -2.11. The number of aromatic nitrogens is 3. The first-order valence-electron chi connectivity index (χ1n) is 12.4. The second kappa shape index (κ2) is 12.6. The van der Waals surface area contributed by atoms with Crippen LogP contribution in [0.4, 0.5) is 18.9 Å². The van der Waals surface area contributed by atoms with Crippen molar-refractivity contribution in [2.45, 2.75) is 78.0 Å².